The highest BCUT2D eigenvalue weighted by Crippen LogP contribution is 2.17. The van der Waals surface area contributed by atoms with Gasteiger partial charge in [-0.05, 0) is 50.2 Å². The van der Waals surface area contributed by atoms with Crippen molar-refractivity contribution < 1.29 is 12.8 Å². The summed E-state index contributed by atoms with van der Waals surface area (Å²) in [6.45, 7) is 1.43. The molecule has 1 aliphatic heterocycles. The van der Waals surface area contributed by atoms with Crippen LogP contribution in [-0.4, -0.2) is 26.8 Å². The minimum Gasteiger partial charge on any atom is -0.317 e. The van der Waals surface area contributed by atoms with Crippen LogP contribution in [0.2, 0.25) is 0 Å². The zero-order valence-corrected chi connectivity index (χ0v) is 10.1. The molecule has 0 atom stereocenters. The Hall–Kier alpha value is -1.14. The van der Waals surface area contributed by atoms with Gasteiger partial charge in [-0.15, -0.1) is 0 Å². The van der Waals surface area contributed by atoms with Crippen molar-refractivity contribution in [2.45, 2.75) is 18.1 Å². The van der Waals surface area contributed by atoms with Gasteiger partial charge in [0.25, 0.3) is 0 Å². The molecule has 2 N–H and O–H groups in total. The largest absolute Gasteiger partial charge is 0.317 e. The lowest BCUT2D eigenvalue weighted by Crippen LogP contribution is -2.38. The molecule has 1 aliphatic rings. The van der Waals surface area contributed by atoms with Gasteiger partial charge in [0, 0.05) is 5.69 Å². The van der Waals surface area contributed by atoms with E-state index in [9.17, 15) is 12.8 Å². The molecule has 17 heavy (non-hydrogen) atoms. The summed E-state index contributed by atoms with van der Waals surface area (Å²) in [6, 6.07) is 5.32. The molecule has 0 spiro atoms. The summed E-state index contributed by atoms with van der Waals surface area (Å²) in [6.07, 6.45) is 1.22. The molecule has 4 nitrogen and oxygen atoms in total. The number of sulfonamides is 1. The summed E-state index contributed by atoms with van der Waals surface area (Å²) in [7, 11) is -3.36. The third-order valence-corrected chi connectivity index (χ3v) is 4.70. The summed E-state index contributed by atoms with van der Waals surface area (Å²) in [5, 5.41) is 2.75. The molecule has 2 rings (SSSR count). The lowest BCUT2D eigenvalue weighted by molar-refractivity contribution is 0.499. The predicted molar refractivity (Wildman–Crippen MR) is 64.8 cm³/mol. The number of anilines is 1. The van der Waals surface area contributed by atoms with Crippen molar-refractivity contribution in [3.05, 3.63) is 30.1 Å². The van der Waals surface area contributed by atoms with E-state index in [1.165, 1.54) is 24.3 Å². The molecule has 0 saturated carbocycles. The molecule has 0 bridgehead atoms. The fourth-order valence-corrected chi connectivity index (χ4v) is 3.36. The molecule has 0 unspecified atom stereocenters. The lowest BCUT2D eigenvalue weighted by Gasteiger charge is -2.23. The van der Waals surface area contributed by atoms with Gasteiger partial charge in [0.15, 0.2) is 0 Å². The molecule has 1 heterocycles. The first-order valence-corrected chi connectivity index (χ1v) is 7.10. The van der Waals surface area contributed by atoms with Gasteiger partial charge in [-0.3, -0.25) is 4.72 Å². The minimum absolute atomic E-state index is 0.367. The number of nitrogens with one attached hydrogen (secondary N) is 2. The van der Waals surface area contributed by atoms with Crippen molar-refractivity contribution in [2.24, 2.45) is 0 Å². The van der Waals surface area contributed by atoms with Gasteiger partial charge in [-0.25, -0.2) is 12.8 Å². The molecular weight excluding hydrogens is 243 g/mol. The van der Waals surface area contributed by atoms with Crippen molar-refractivity contribution in [2.75, 3.05) is 17.8 Å². The highest BCUT2D eigenvalue weighted by Gasteiger charge is 2.26. The Balaban J connectivity index is 2.08. The maximum Gasteiger partial charge on any atom is 0.235 e. The molecule has 1 aromatic carbocycles. The van der Waals surface area contributed by atoms with Gasteiger partial charge in [0.05, 0.1) is 5.25 Å². The number of rotatable bonds is 3. The number of halogens is 1. The summed E-state index contributed by atoms with van der Waals surface area (Å²) in [5.41, 5.74) is 0.407. The molecular formula is C11H15FN2O2S. The Morgan fingerprint density at radius 3 is 2.35 bits per heavy atom. The fraction of sp³-hybridized carbons (Fsp3) is 0.455. The number of hydrogen-bond donors (Lipinski definition) is 2. The van der Waals surface area contributed by atoms with Gasteiger partial charge >= 0.3 is 0 Å². The van der Waals surface area contributed by atoms with Crippen molar-refractivity contribution in [1.82, 2.24) is 5.32 Å². The first kappa shape index (κ1) is 12.3. The molecule has 1 aromatic rings. The molecule has 0 aromatic heterocycles. The first-order valence-electron chi connectivity index (χ1n) is 5.56. The van der Waals surface area contributed by atoms with E-state index >= 15 is 0 Å². The summed E-state index contributed by atoms with van der Waals surface area (Å²) in [5.74, 6) is -0.380. The molecule has 6 heteroatoms. The topological polar surface area (TPSA) is 58.2 Å². The quantitative estimate of drug-likeness (QED) is 0.859. The summed E-state index contributed by atoms with van der Waals surface area (Å²) < 4.78 is 39.2. The normalized spacial score (nSPS) is 17.9. The highest BCUT2D eigenvalue weighted by atomic mass is 32.2. The third kappa shape index (κ3) is 3.17. The zero-order chi connectivity index (χ0) is 12.3. The second kappa shape index (κ2) is 5.01. The monoisotopic (exact) mass is 258 g/mol. The van der Waals surface area contributed by atoms with Crippen LogP contribution in [0.25, 0.3) is 0 Å². The van der Waals surface area contributed by atoms with Crippen molar-refractivity contribution >= 4 is 15.7 Å². The number of hydrogen-bond acceptors (Lipinski definition) is 3. The van der Waals surface area contributed by atoms with E-state index in [2.05, 4.69) is 10.0 Å². The summed E-state index contributed by atoms with van der Waals surface area (Å²) in [4.78, 5) is 0. The highest BCUT2D eigenvalue weighted by molar-refractivity contribution is 7.93. The minimum atomic E-state index is -3.36. The smallest absolute Gasteiger partial charge is 0.235 e. The van der Waals surface area contributed by atoms with Gasteiger partial charge in [0.2, 0.25) is 10.0 Å². The average molecular weight is 258 g/mol. The molecule has 0 aliphatic carbocycles. The van der Waals surface area contributed by atoms with E-state index in [4.69, 9.17) is 0 Å². The van der Waals surface area contributed by atoms with Crippen LogP contribution in [0.3, 0.4) is 0 Å². The molecule has 0 radical (unpaired) electrons. The number of piperidine rings is 1. The maximum atomic E-state index is 12.7. The second-order valence-electron chi connectivity index (χ2n) is 4.10. The summed E-state index contributed by atoms with van der Waals surface area (Å²) >= 11 is 0. The van der Waals surface area contributed by atoms with Crippen LogP contribution in [0.1, 0.15) is 12.8 Å². The third-order valence-electron chi connectivity index (χ3n) is 2.83. The Kier molecular flexibility index (Phi) is 3.63. The molecule has 94 valence electrons. The van der Waals surface area contributed by atoms with Gasteiger partial charge < -0.3 is 5.32 Å². The van der Waals surface area contributed by atoms with Gasteiger partial charge in [-0.1, -0.05) is 0 Å². The van der Waals surface area contributed by atoms with Crippen LogP contribution in [0.5, 0.6) is 0 Å². The standard InChI is InChI=1S/C11H15FN2O2S/c12-9-1-3-10(4-2-9)14-17(15,16)11-5-7-13-8-6-11/h1-4,11,13-14H,5-8H2. The van der Waals surface area contributed by atoms with E-state index < -0.39 is 10.0 Å². The van der Waals surface area contributed by atoms with E-state index in [0.29, 0.717) is 18.5 Å². The first-order chi connectivity index (χ1) is 8.08. The lowest BCUT2D eigenvalue weighted by atomic mass is 10.2. The Morgan fingerprint density at radius 1 is 1.18 bits per heavy atom. The van der Waals surface area contributed by atoms with E-state index in [0.717, 1.165) is 13.1 Å². The number of benzene rings is 1. The molecule has 1 fully saturated rings. The van der Waals surface area contributed by atoms with Crippen LogP contribution < -0.4 is 10.0 Å². The van der Waals surface area contributed by atoms with E-state index in [-0.39, 0.29) is 11.1 Å². The van der Waals surface area contributed by atoms with Crippen LogP contribution in [0.15, 0.2) is 24.3 Å². The molecule has 1 saturated heterocycles. The van der Waals surface area contributed by atoms with Crippen molar-refractivity contribution in [3.63, 3.8) is 0 Å². The maximum absolute atomic E-state index is 12.7. The second-order valence-corrected chi connectivity index (χ2v) is 6.06. The molecule has 0 amide bonds. The fourth-order valence-electron chi connectivity index (χ4n) is 1.87. The Labute approximate surface area is 100 Å². The van der Waals surface area contributed by atoms with E-state index in [1.54, 1.807) is 0 Å². The van der Waals surface area contributed by atoms with Gasteiger partial charge in [0.1, 0.15) is 5.82 Å². The van der Waals surface area contributed by atoms with Crippen LogP contribution in [0.4, 0.5) is 10.1 Å². The van der Waals surface area contributed by atoms with Crippen molar-refractivity contribution in [1.29, 1.82) is 0 Å². The Morgan fingerprint density at radius 2 is 1.76 bits per heavy atom. The van der Waals surface area contributed by atoms with Crippen LogP contribution >= 0.6 is 0 Å². The van der Waals surface area contributed by atoms with Crippen LogP contribution in [0, 0.1) is 5.82 Å². The zero-order valence-electron chi connectivity index (χ0n) is 9.32. The predicted octanol–water partition coefficient (Wildman–Crippen LogP) is 1.32. The van der Waals surface area contributed by atoms with Crippen molar-refractivity contribution in [3.8, 4) is 0 Å². The Bertz CT molecular complexity index is 467. The average Bonchev–Trinajstić information content (AvgIpc) is 2.33. The van der Waals surface area contributed by atoms with Gasteiger partial charge in [-0.2, -0.15) is 0 Å². The SMILES string of the molecule is O=S(=O)(Nc1ccc(F)cc1)C1CCNCC1. The van der Waals surface area contributed by atoms with Crippen LogP contribution in [-0.2, 0) is 10.0 Å². The van der Waals surface area contributed by atoms with E-state index in [1.807, 2.05) is 0 Å².